The van der Waals surface area contributed by atoms with Crippen LogP contribution in [0.15, 0.2) is 59.9 Å². The van der Waals surface area contributed by atoms with Crippen LogP contribution in [0.25, 0.3) is 5.69 Å². The number of aryl methyl sites for hydroxylation is 1. The standard InChI is InChI=1S/C23H21N3O2/c1-15-6-2-3-7-17(15)21-18-8-4-5-9-19(18)26-14-25-22(20(26)12-24-21)23(27)28-13-16-10-11-16/h2-9,14,16H,10-13H2,1H3. The lowest BCUT2D eigenvalue weighted by Crippen LogP contribution is -2.11. The lowest BCUT2D eigenvalue weighted by molar-refractivity contribution is 0.0478. The Morgan fingerprint density at radius 1 is 1.11 bits per heavy atom. The van der Waals surface area contributed by atoms with Crippen LogP contribution < -0.4 is 0 Å². The minimum atomic E-state index is -0.354. The van der Waals surface area contributed by atoms with Crippen LogP contribution in [0.2, 0.25) is 0 Å². The number of carbonyl (C=O) groups is 1. The molecular weight excluding hydrogens is 350 g/mol. The number of rotatable bonds is 4. The monoisotopic (exact) mass is 371 g/mol. The number of nitrogens with zero attached hydrogens (tertiary/aromatic N) is 3. The van der Waals surface area contributed by atoms with Gasteiger partial charge in [-0.05, 0) is 37.3 Å². The molecular formula is C23H21N3O2. The first-order chi connectivity index (χ1) is 13.7. The maximum Gasteiger partial charge on any atom is 0.358 e. The van der Waals surface area contributed by atoms with Crippen LogP contribution in [-0.2, 0) is 11.3 Å². The molecule has 2 heterocycles. The normalized spacial score (nSPS) is 15.2. The zero-order valence-electron chi connectivity index (χ0n) is 15.8. The SMILES string of the molecule is Cc1ccccc1C1=NCc2c(C(=O)OCC3CC3)ncn2-c2ccccc21. The highest BCUT2D eigenvalue weighted by atomic mass is 16.5. The summed E-state index contributed by atoms with van der Waals surface area (Å²) in [4.78, 5) is 21.9. The molecule has 5 heteroatoms. The van der Waals surface area contributed by atoms with E-state index in [-0.39, 0.29) is 5.97 Å². The summed E-state index contributed by atoms with van der Waals surface area (Å²) in [6.45, 7) is 2.96. The van der Waals surface area contributed by atoms with Crippen LogP contribution >= 0.6 is 0 Å². The topological polar surface area (TPSA) is 56.5 Å². The molecule has 140 valence electrons. The molecule has 5 rings (SSSR count). The molecule has 0 spiro atoms. The zero-order valence-corrected chi connectivity index (χ0v) is 15.8. The first-order valence-corrected chi connectivity index (χ1v) is 9.66. The third-order valence-corrected chi connectivity index (χ3v) is 5.41. The maximum atomic E-state index is 12.6. The zero-order chi connectivity index (χ0) is 19.1. The van der Waals surface area contributed by atoms with Gasteiger partial charge in [-0.1, -0.05) is 42.5 Å². The summed E-state index contributed by atoms with van der Waals surface area (Å²) >= 11 is 0. The molecule has 0 radical (unpaired) electrons. The third kappa shape index (κ3) is 2.93. The van der Waals surface area contributed by atoms with Gasteiger partial charge >= 0.3 is 5.97 Å². The largest absolute Gasteiger partial charge is 0.461 e. The summed E-state index contributed by atoms with van der Waals surface area (Å²) < 4.78 is 7.44. The van der Waals surface area contributed by atoms with Crippen molar-refractivity contribution in [1.82, 2.24) is 9.55 Å². The summed E-state index contributed by atoms with van der Waals surface area (Å²) in [7, 11) is 0. The van der Waals surface area contributed by atoms with E-state index >= 15 is 0 Å². The van der Waals surface area contributed by atoms with Crippen LogP contribution in [0.3, 0.4) is 0 Å². The lowest BCUT2D eigenvalue weighted by Gasteiger charge is -2.12. The van der Waals surface area contributed by atoms with Crippen molar-refractivity contribution in [2.45, 2.75) is 26.3 Å². The van der Waals surface area contributed by atoms with Crippen molar-refractivity contribution < 1.29 is 9.53 Å². The Hall–Kier alpha value is -3.21. The molecule has 0 bridgehead atoms. The van der Waals surface area contributed by atoms with E-state index < -0.39 is 0 Å². The van der Waals surface area contributed by atoms with Gasteiger partial charge in [0.25, 0.3) is 0 Å². The van der Waals surface area contributed by atoms with Gasteiger partial charge in [0.1, 0.15) is 6.33 Å². The number of carbonyl (C=O) groups excluding carboxylic acids is 1. The van der Waals surface area contributed by atoms with Gasteiger partial charge < -0.3 is 4.74 Å². The van der Waals surface area contributed by atoms with E-state index in [0.717, 1.165) is 41.1 Å². The van der Waals surface area contributed by atoms with Gasteiger partial charge in [0.15, 0.2) is 5.69 Å². The fraction of sp³-hybridized carbons (Fsp3) is 0.261. The van der Waals surface area contributed by atoms with E-state index in [4.69, 9.17) is 9.73 Å². The Balaban J connectivity index is 1.59. The van der Waals surface area contributed by atoms with E-state index in [9.17, 15) is 4.79 Å². The molecule has 0 N–H and O–H groups in total. The average Bonchev–Trinajstić information content (AvgIpc) is 3.48. The first-order valence-electron chi connectivity index (χ1n) is 9.66. The minimum absolute atomic E-state index is 0.354. The van der Waals surface area contributed by atoms with Gasteiger partial charge in [-0.25, -0.2) is 9.78 Å². The number of para-hydroxylation sites is 1. The molecule has 3 aromatic rings. The predicted molar refractivity (Wildman–Crippen MR) is 107 cm³/mol. The summed E-state index contributed by atoms with van der Waals surface area (Å²) in [5.41, 5.74) is 6.37. The highest BCUT2D eigenvalue weighted by molar-refractivity contribution is 6.16. The molecule has 5 nitrogen and oxygen atoms in total. The summed E-state index contributed by atoms with van der Waals surface area (Å²) in [6, 6.07) is 16.4. The molecule has 1 aliphatic carbocycles. The van der Waals surface area contributed by atoms with Crippen molar-refractivity contribution in [2.24, 2.45) is 10.9 Å². The first kappa shape index (κ1) is 16.9. The van der Waals surface area contributed by atoms with Crippen LogP contribution in [0.5, 0.6) is 0 Å². The van der Waals surface area contributed by atoms with Crippen molar-refractivity contribution in [1.29, 1.82) is 0 Å². The Labute approximate surface area is 163 Å². The van der Waals surface area contributed by atoms with Gasteiger partial charge in [-0.3, -0.25) is 9.56 Å². The second-order valence-electron chi connectivity index (χ2n) is 7.45. The van der Waals surface area contributed by atoms with E-state index in [0.29, 0.717) is 24.8 Å². The van der Waals surface area contributed by atoms with Gasteiger partial charge in [0.2, 0.25) is 0 Å². The molecule has 1 fully saturated rings. The Morgan fingerprint density at radius 3 is 2.64 bits per heavy atom. The van der Waals surface area contributed by atoms with E-state index in [1.54, 1.807) is 6.33 Å². The number of hydrogen-bond acceptors (Lipinski definition) is 4. The second-order valence-corrected chi connectivity index (χ2v) is 7.45. The quantitative estimate of drug-likeness (QED) is 0.649. The van der Waals surface area contributed by atoms with E-state index in [1.165, 1.54) is 5.56 Å². The molecule has 28 heavy (non-hydrogen) atoms. The number of imidazole rings is 1. The highest BCUT2D eigenvalue weighted by Gasteiger charge is 2.28. The Bertz CT molecular complexity index is 1090. The number of hydrogen-bond donors (Lipinski definition) is 0. The van der Waals surface area contributed by atoms with Crippen LogP contribution in [0.4, 0.5) is 0 Å². The molecule has 1 saturated carbocycles. The van der Waals surface area contributed by atoms with Crippen molar-refractivity contribution in [3.8, 4) is 5.69 Å². The molecule has 2 aliphatic rings. The fourth-order valence-electron chi connectivity index (χ4n) is 3.64. The van der Waals surface area contributed by atoms with Crippen LogP contribution in [0, 0.1) is 12.8 Å². The van der Waals surface area contributed by atoms with Crippen molar-refractivity contribution in [3.63, 3.8) is 0 Å². The Morgan fingerprint density at radius 2 is 1.86 bits per heavy atom. The smallest absolute Gasteiger partial charge is 0.358 e. The lowest BCUT2D eigenvalue weighted by atomic mass is 9.97. The van der Waals surface area contributed by atoms with E-state index in [1.807, 2.05) is 34.9 Å². The fourth-order valence-corrected chi connectivity index (χ4v) is 3.64. The van der Waals surface area contributed by atoms with Crippen LogP contribution in [-0.4, -0.2) is 27.8 Å². The van der Waals surface area contributed by atoms with Crippen molar-refractivity contribution in [2.75, 3.05) is 6.61 Å². The number of benzene rings is 2. The second kappa shape index (κ2) is 6.75. The highest BCUT2D eigenvalue weighted by Crippen LogP contribution is 2.30. The van der Waals surface area contributed by atoms with Gasteiger partial charge in [0, 0.05) is 11.1 Å². The molecule has 0 unspecified atom stereocenters. The predicted octanol–water partition coefficient (Wildman–Crippen LogP) is 4.10. The van der Waals surface area contributed by atoms with Gasteiger partial charge in [0.05, 0.1) is 30.2 Å². The van der Waals surface area contributed by atoms with Gasteiger partial charge in [-0.15, -0.1) is 0 Å². The number of esters is 1. The van der Waals surface area contributed by atoms with Crippen molar-refractivity contribution >= 4 is 11.7 Å². The number of ether oxygens (including phenoxy) is 1. The summed E-state index contributed by atoms with van der Waals surface area (Å²) in [6.07, 6.45) is 4.00. The maximum absolute atomic E-state index is 12.6. The number of fused-ring (bicyclic) bond motifs is 3. The number of aromatic nitrogens is 2. The number of aliphatic imine (C=N–C) groups is 1. The van der Waals surface area contributed by atoms with E-state index in [2.05, 4.69) is 30.1 Å². The molecule has 0 saturated heterocycles. The summed E-state index contributed by atoms with van der Waals surface area (Å²) in [5, 5.41) is 0. The molecule has 0 atom stereocenters. The Kier molecular flexibility index (Phi) is 4.08. The average molecular weight is 371 g/mol. The van der Waals surface area contributed by atoms with Crippen molar-refractivity contribution in [3.05, 3.63) is 82.9 Å². The third-order valence-electron chi connectivity index (χ3n) is 5.41. The molecule has 1 aliphatic heterocycles. The molecule has 1 aromatic heterocycles. The molecule has 0 amide bonds. The molecule has 2 aromatic carbocycles. The van der Waals surface area contributed by atoms with Crippen LogP contribution in [0.1, 0.15) is 45.7 Å². The minimum Gasteiger partial charge on any atom is -0.461 e. The summed E-state index contributed by atoms with van der Waals surface area (Å²) in [5.74, 6) is 0.171. The van der Waals surface area contributed by atoms with Gasteiger partial charge in [-0.2, -0.15) is 0 Å².